The van der Waals surface area contributed by atoms with E-state index < -0.39 is 23.8 Å². The maximum Gasteiger partial charge on any atom is 0.164 e. The largest absolute Gasteiger partial charge is 0.390 e. The smallest absolute Gasteiger partial charge is 0.164 e. The molecule has 1 aromatic rings. The Balaban J connectivity index is 2.14. The molecule has 0 aromatic heterocycles. The molecule has 4 heteroatoms. The third kappa shape index (κ3) is 2.70. The first-order valence-electron chi connectivity index (χ1n) is 6.41. The van der Waals surface area contributed by atoms with Crippen molar-refractivity contribution in [1.29, 1.82) is 0 Å². The quantitative estimate of drug-likeness (QED) is 0.873. The maximum atomic E-state index is 13.5. The van der Waals surface area contributed by atoms with Crippen LogP contribution < -0.4 is 0 Å². The minimum Gasteiger partial charge on any atom is -0.390 e. The van der Waals surface area contributed by atoms with E-state index in [9.17, 15) is 19.0 Å². The van der Waals surface area contributed by atoms with Gasteiger partial charge in [-0.25, -0.2) is 8.78 Å². The molecule has 1 aliphatic rings. The number of benzene rings is 1. The van der Waals surface area contributed by atoms with Crippen LogP contribution in [0.3, 0.4) is 0 Å². The van der Waals surface area contributed by atoms with Crippen molar-refractivity contribution < 1.29 is 19.0 Å². The predicted octanol–water partition coefficient (Wildman–Crippen LogP) is 2.94. The third-order valence-electron chi connectivity index (χ3n) is 3.76. The second-order valence-electron chi connectivity index (χ2n) is 4.98. The van der Waals surface area contributed by atoms with Crippen molar-refractivity contribution in [2.24, 2.45) is 5.92 Å². The normalized spacial score (nSPS) is 20.7. The average Bonchev–Trinajstić information content (AvgIpc) is 2.41. The summed E-state index contributed by atoms with van der Waals surface area (Å²) in [6.07, 6.45) is 2.43. The Morgan fingerprint density at radius 3 is 2.39 bits per heavy atom. The Hall–Kier alpha value is -1.00. The van der Waals surface area contributed by atoms with Gasteiger partial charge in [-0.3, -0.25) is 0 Å². The van der Waals surface area contributed by atoms with Gasteiger partial charge in [0.15, 0.2) is 11.6 Å². The van der Waals surface area contributed by atoms with Crippen molar-refractivity contribution in [2.45, 2.75) is 44.3 Å². The second kappa shape index (κ2) is 5.76. The van der Waals surface area contributed by atoms with Gasteiger partial charge in [0.25, 0.3) is 0 Å². The topological polar surface area (TPSA) is 40.5 Å². The standard InChI is InChI=1S/C14H18F2O2/c15-11-8-4-7-10(12(11)16)14(18)13(17)9-5-2-1-3-6-9/h4,7-9,13-14,17-18H,1-3,5-6H2. The molecule has 1 aromatic carbocycles. The summed E-state index contributed by atoms with van der Waals surface area (Å²) in [6.45, 7) is 0. The molecule has 2 unspecified atom stereocenters. The minimum absolute atomic E-state index is 0.0311. The van der Waals surface area contributed by atoms with Gasteiger partial charge in [-0.1, -0.05) is 31.4 Å². The van der Waals surface area contributed by atoms with Crippen molar-refractivity contribution in [1.82, 2.24) is 0 Å². The Morgan fingerprint density at radius 2 is 1.72 bits per heavy atom. The number of rotatable bonds is 3. The lowest BCUT2D eigenvalue weighted by molar-refractivity contribution is -0.0303. The van der Waals surface area contributed by atoms with E-state index >= 15 is 0 Å². The lowest BCUT2D eigenvalue weighted by Gasteiger charge is -2.30. The van der Waals surface area contributed by atoms with Crippen LogP contribution in [0, 0.1) is 17.6 Å². The van der Waals surface area contributed by atoms with E-state index in [1.807, 2.05) is 0 Å². The molecule has 0 heterocycles. The van der Waals surface area contributed by atoms with Crippen LogP contribution in [0.2, 0.25) is 0 Å². The van der Waals surface area contributed by atoms with E-state index in [2.05, 4.69) is 0 Å². The third-order valence-corrected chi connectivity index (χ3v) is 3.76. The minimum atomic E-state index is -1.36. The number of halogens is 2. The Bertz CT molecular complexity index is 403. The van der Waals surface area contributed by atoms with Crippen LogP contribution >= 0.6 is 0 Å². The zero-order chi connectivity index (χ0) is 13.1. The molecule has 0 spiro atoms. The molecule has 0 saturated heterocycles. The summed E-state index contributed by atoms with van der Waals surface area (Å²) in [4.78, 5) is 0. The van der Waals surface area contributed by atoms with Crippen LogP contribution in [0.4, 0.5) is 8.78 Å². The fraction of sp³-hybridized carbons (Fsp3) is 0.571. The molecule has 2 atom stereocenters. The van der Waals surface area contributed by atoms with Crippen LogP contribution in [0.1, 0.15) is 43.8 Å². The molecule has 1 aliphatic carbocycles. The molecule has 0 bridgehead atoms. The monoisotopic (exact) mass is 256 g/mol. The summed E-state index contributed by atoms with van der Waals surface area (Å²) in [5.74, 6) is -2.10. The first kappa shape index (κ1) is 13.4. The molecule has 2 N–H and O–H groups in total. The van der Waals surface area contributed by atoms with Gasteiger partial charge in [-0.15, -0.1) is 0 Å². The maximum absolute atomic E-state index is 13.5. The summed E-state index contributed by atoms with van der Waals surface area (Å²) in [5, 5.41) is 20.1. The van der Waals surface area contributed by atoms with Gasteiger partial charge in [0.05, 0.1) is 6.10 Å². The van der Waals surface area contributed by atoms with Gasteiger partial charge >= 0.3 is 0 Å². The second-order valence-corrected chi connectivity index (χ2v) is 4.98. The van der Waals surface area contributed by atoms with Crippen LogP contribution in [0.15, 0.2) is 18.2 Å². The Labute approximate surface area is 105 Å². The van der Waals surface area contributed by atoms with Crippen molar-refractivity contribution in [3.63, 3.8) is 0 Å². The Kier molecular flexibility index (Phi) is 4.30. The van der Waals surface area contributed by atoms with Gasteiger partial charge in [-0.05, 0) is 24.8 Å². The first-order valence-corrected chi connectivity index (χ1v) is 6.41. The summed E-state index contributed by atoms with van der Waals surface area (Å²) >= 11 is 0. The predicted molar refractivity (Wildman–Crippen MR) is 63.9 cm³/mol. The van der Waals surface area contributed by atoms with Crippen molar-refractivity contribution in [2.75, 3.05) is 0 Å². The number of hydrogen-bond acceptors (Lipinski definition) is 2. The fourth-order valence-corrected chi connectivity index (χ4v) is 2.67. The average molecular weight is 256 g/mol. The molecule has 2 nitrogen and oxygen atoms in total. The molecule has 0 aliphatic heterocycles. The molecule has 2 rings (SSSR count). The zero-order valence-electron chi connectivity index (χ0n) is 10.1. The zero-order valence-corrected chi connectivity index (χ0v) is 10.1. The molecule has 100 valence electrons. The van der Waals surface area contributed by atoms with Crippen LogP contribution in [0.25, 0.3) is 0 Å². The highest BCUT2D eigenvalue weighted by Crippen LogP contribution is 2.33. The summed E-state index contributed by atoms with van der Waals surface area (Å²) < 4.78 is 26.6. The molecule has 0 amide bonds. The number of aliphatic hydroxyl groups excluding tert-OH is 2. The van der Waals surface area contributed by atoms with E-state index in [0.717, 1.165) is 38.2 Å². The number of aliphatic hydroxyl groups is 2. The summed E-state index contributed by atoms with van der Waals surface area (Å²) in [6, 6.07) is 3.65. The van der Waals surface area contributed by atoms with E-state index in [1.165, 1.54) is 12.1 Å². The number of hydrogen-bond donors (Lipinski definition) is 2. The molecule has 1 fully saturated rings. The first-order chi connectivity index (χ1) is 8.61. The lowest BCUT2D eigenvalue weighted by atomic mass is 9.82. The molecule has 18 heavy (non-hydrogen) atoms. The highest BCUT2D eigenvalue weighted by molar-refractivity contribution is 5.22. The highest BCUT2D eigenvalue weighted by Gasteiger charge is 2.30. The van der Waals surface area contributed by atoms with Gasteiger partial charge in [0.2, 0.25) is 0 Å². The molecule has 0 radical (unpaired) electrons. The van der Waals surface area contributed by atoms with E-state index in [4.69, 9.17) is 0 Å². The summed E-state index contributed by atoms with van der Waals surface area (Å²) in [5.41, 5.74) is -0.159. The van der Waals surface area contributed by atoms with Crippen molar-refractivity contribution in [3.05, 3.63) is 35.4 Å². The fourth-order valence-electron chi connectivity index (χ4n) is 2.67. The van der Waals surface area contributed by atoms with Crippen LogP contribution in [-0.4, -0.2) is 16.3 Å². The SMILES string of the molecule is OC(c1cccc(F)c1F)C(O)C1CCCCC1. The van der Waals surface area contributed by atoms with Crippen molar-refractivity contribution in [3.8, 4) is 0 Å². The van der Waals surface area contributed by atoms with Gasteiger partial charge < -0.3 is 10.2 Å². The van der Waals surface area contributed by atoms with E-state index in [-0.39, 0.29) is 11.5 Å². The van der Waals surface area contributed by atoms with E-state index in [1.54, 1.807) is 0 Å². The van der Waals surface area contributed by atoms with Crippen LogP contribution in [0.5, 0.6) is 0 Å². The van der Waals surface area contributed by atoms with Gasteiger partial charge in [0, 0.05) is 5.56 Å². The summed E-state index contributed by atoms with van der Waals surface area (Å²) in [7, 11) is 0. The molecule has 1 saturated carbocycles. The van der Waals surface area contributed by atoms with Gasteiger partial charge in [-0.2, -0.15) is 0 Å². The van der Waals surface area contributed by atoms with Crippen molar-refractivity contribution >= 4 is 0 Å². The Morgan fingerprint density at radius 1 is 1.06 bits per heavy atom. The highest BCUT2D eigenvalue weighted by atomic mass is 19.2. The molecular formula is C14H18F2O2. The van der Waals surface area contributed by atoms with Gasteiger partial charge in [0.1, 0.15) is 6.10 Å². The van der Waals surface area contributed by atoms with E-state index in [0.29, 0.717) is 0 Å². The molecular weight excluding hydrogens is 238 g/mol. The van der Waals surface area contributed by atoms with Crippen LogP contribution in [-0.2, 0) is 0 Å². The lowest BCUT2D eigenvalue weighted by Crippen LogP contribution is -2.30.